The molecule has 0 unspecified atom stereocenters. The van der Waals surface area contributed by atoms with Crippen LogP contribution in [0.4, 0.5) is 17.3 Å². The highest BCUT2D eigenvalue weighted by Gasteiger charge is 2.37. The van der Waals surface area contributed by atoms with Crippen LogP contribution in [0.25, 0.3) is 0 Å². The van der Waals surface area contributed by atoms with Crippen molar-refractivity contribution in [1.29, 1.82) is 0 Å². The van der Waals surface area contributed by atoms with Crippen molar-refractivity contribution in [2.24, 2.45) is 0 Å². The molecule has 0 saturated carbocycles. The number of hydrogen-bond acceptors (Lipinski definition) is 9. The van der Waals surface area contributed by atoms with Crippen LogP contribution in [0.2, 0.25) is 0 Å². The summed E-state index contributed by atoms with van der Waals surface area (Å²) in [5.74, 6) is 8.23. The number of aromatic nitrogens is 2. The summed E-state index contributed by atoms with van der Waals surface area (Å²) in [6, 6.07) is 4.93. The molecule has 1 N–H and O–H groups in total. The Morgan fingerprint density at radius 2 is 1.82 bits per heavy atom. The first-order chi connectivity index (χ1) is 19.2. The molecule has 5 heterocycles. The summed E-state index contributed by atoms with van der Waals surface area (Å²) in [5.41, 5.74) is 4.10. The zero-order valence-corrected chi connectivity index (χ0v) is 24.1. The summed E-state index contributed by atoms with van der Waals surface area (Å²) in [6.07, 6.45) is 3.21. The second kappa shape index (κ2) is 10.6. The number of benzene rings is 1. The number of anilines is 3. The molecular weight excluding hydrogens is 528 g/mol. The van der Waals surface area contributed by atoms with Gasteiger partial charge in [-0.15, -0.1) is 0 Å². The standard InChI is InChI=1S/C29H36N6O4S/c1-4-5-25(36)33-8-6-23(7-9-33)35-16-22(17-35)21-14-19(2)27-24(15-21)32-28-26(20(3)39-27)29(31-18-30-28)34-10-12-40(37,38)13-11-34/h14-15,18,20,22-23H,6-13,16-17H2,1-3H3,(H,30,31,32)/t20-/m0/s1. The molecule has 11 heteroatoms. The lowest BCUT2D eigenvalue weighted by Gasteiger charge is -2.47. The molecule has 10 nitrogen and oxygen atoms in total. The Labute approximate surface area is 236 Å². The van der Waals surface area contributed by atoms with Gasteiger partial charge in [-0.25, -0.2) is 18.4 Å². The molecule has 1 atom stereocenters. The largest absolute Gasteiger partial charge is 0.483 e. The summed E-state index contributed by atoms with van der Waals surface area (Å²) in [6.45, 7) is 10.1. The SMILES string of the molecule is CC#CC(=O)N1CCC(N2CC(c3cc(C)c4c(c3)Nc3ncnc(N5CCS(=O)(=O)CC5)c3[C@H](C)O4)C2)CC1. The van der Waals surface area contributed by atoms with Crippen molar-refractivity contribution in [1.82, 2.24) is 19.8 Å². The quantitative estimate of drug-likeness (QED) is 0.563. The van der Waals surface area contributed by atoms with E-state index in [0.717, 1.165) is 67.4 Å². The number of carbonyl (C=O) groups excluding carboxylic acids is 1. The van der Waals surface area contributed by atoms with Gasteiger partial charge >= 0.3 is 0 Å². The van der Waals surface area contributed by atoms with Crippen molar-refractivity contribution in [3.05, 3.63) is 35.2 Å². The maximum atomic E-state index is 12.1. The van der Waals surface area contributed by atoms with E-state index in [2.05, 4.69) is 51.1 Å². The van der Waals surface area contributed by atoms with Gasteiger partial charge in [0.1, 0.15) is 29.8 Å². The molecule has 1 aromatic carbocycles. The fraction of sp³-hybridized carbons (Fsp3) is 0.552. The lowest BCUT2D eigenvalue weighted by Crippen LogP contribution is -2.54. The molecule has 212 valence electrons. The van der Waals surface area contributed by atoms with Gasteiger partial charge in [-0.05, 0) is 56.7 Å². The number of nitrogens with zero attached hydrogens (tertiary/aromatic N) is 5. The van der Waals surface area contributed by atoms with Gasteiger partial charge in [0.2, 0.25) is 0 Å². The van der Waals surface area contributed by atoms with Crippen LogP contribution < -0.4 is 15.0 Å². The van der Waals surface area contributed by atoms with Crippen LogP contribution in [-0.2, 0) is 14.6 Å². The number of hydrogen-bond donors (Lipinski definition) is 1. The summed E-state index contributed by atoms with van der Waals surface area (Å²) in [4.78, 5) is 27.6. The van der Waals surface area contributed by atoms with Crippen LogP contribution in [0.15, 0.2) is 18.5 Å². The third-order valence-electron chi connectivity index (χ3n) is 8.64. The minimum absolute atomic E-state index is 0.0604. The highest BCUT2D eigenvalue weighted by atomic mass is 32.2. The van der Waals surface area contributed by atoms with Crippen molar-refractivity contribution in [2.45, 2.75) is 51.7 Å². The van der Waals surface area contributed by atoms with E-state index in [4.69, 9.17) is 4.74 Å². The predicted octanol–water partition coefficient (Wildman–Crippen LogP) is 2.63. The van der Waals surface area contributed by atoms with Crippen molar-refractivity contribution in [3.63, 3.8) is 0 Å². The first-order valence-corrected chi connectivity index (χ1v) is 15.9. The summed E-state index contributed by atoms with van der Waals surface area (Å²) >= 11 is 0. The molecule has 40 heavy (non-hydrogen) atoms. The number of nitrogens with one attached hydrogen (secondary N) is 1. The molecule has 3 fully saturated rings. The van der Waals surface area contributed by atoms with Crippen LogP contribution in [0, 0.1) is 18.8 Å². The topological polar surface area (TPSA) is 108 Å². The van der Waals surface area contributed by atoms with Crippen LogP contribution >= 0.6 is 0 Å². The second-order valence-corrected chi connectivity index (χ2v) is 13.6. The van der Waals surface area contributed by atoms with E-state index in [1.165, 1.54) is 11.9 Å². The van der Waals surface area contributed by atoms with Crippen LogP contribution in [-0.4, -0.2) is 90.9 Å². The zero-order valence-electron chi connectivity index (χ0n) is 23.3. The van der Waals surface area contributed by atoms with E-state index in [1.807, 2.05) is 16.7 Å². The van der Waals surface area contributed by atoms with E-state index in [1.54, 1.807) is 6.92 Å². The maximum absolute atomic E-state index is 12.1. The van der Waals surface area contributed by atoms with Crippen molar-refractivity contribution in [2.75, 3.05) is 61.0 Å². The summed E-state index contributed by atoms with van der Waals surface area (Å²) in [7, 11) is -3.00. The van der Waals surface area contributed by atoms with E-state index >= 15 is 0 Å². The van der Waals surface area contributed by atoms with Crippen LogP contribution in [0.5, 0.6) is 5.75 Å². The monoisotopic (exact) mass is 564 g/mol. The first kappa shape index (κ1) is 26.8. The molecule has 0 radical (unpaired) electrons. The van der Waals surface area contributed by atoms with Gasteiger partial charge in [0.25, 0.3) is 5.91 Å². The Hall–Kier alpha value is -3.36. The molecule has 2 aromatic rings. The Bertz CT molecular complexity index is 1470. The lowest BCUT2D eigenvalue weighted by molar-refractivity contribution is -0.126. The van der Waals surface area contributed by atoms with Crippen molar-refractivity contribution >= 4 is 33.1 Å². The predicted molar refractivity (Wildman–Crippen MR) is 154 cm³/mol. The normalized spacial score (nSPS) is 22.9. The second-order valence-electron chi connectivity index (χ2n) is 11.2. The van der Waals surface area contributed by atoms with Crippen LogP contribution in [0.1, 0.15) is 55.4 Å². The molecule has 0 spiro atoms. The molecule has 4 aliphatic heterocycles. The van der Waals surface area contributed by atoms with E-state index in [-0.39, 0.29) is 23.5 Å². The van der Waals surface area contributed by atoms with Crippen molar-refractivity contribution in [3.8, 4) is 17.6 Å². The van der Waals surface area contributed by atoms with Gasteiger partial charge in [0.15, 0.2) is 9.84 Å². The molecule has 4 aliphatic rings. The molecule has 6 rings (SSSR count). The number of carbonyl (C=O) groups is 1. The Kier molecular flexibility index (Phi) is 7.09. The van der Waals surface area contributed by atoms with E-state index in [0.29, 0.717) is 30.9 Å². The molecule has 1 aromatic heterocycles. The number of rotatable bonds is 3. The average molecular weight is 565 g/mol. The van der Waals surface area contributed by atoms with Crippen molar-refractivity contribution < 1.29 is 17.9 Å². The molecule has 1 amide bonds. The minimum atomic E-state index is -3.00. The molecule has 0 aliphatic carbocycles. The van der Waals surface area contributed by atoms with Gasteiger partial charge in [-0.1, -0.05) is 12.0 Å². The average Bonchev–Trinajstić information content (AvgIpc) is 3.05. The lowest BCUT2D eigenvalue weighted by atomic mass is 9.87. The molecule has 3 saturated heterocycles. The summed E-state index contributed by atoms with van der Waals surface area (Å²) in [5, 5.41) is 3.53. The number of ether oxygens (including phenoxy) is 1. The van der Waals surface area contributed by atoms with E-state index < -0.39 is 9.84 Å². The number of fused-ring (bicyclic) bond motifs is 2. The Morgan fingerprint density at radius 1 is 1.10 bits per heavy atom. The number of sulfone groups is 1. The number of amides is 1. The maximum Gasteiger partial charge on any atom is 0.298 e. The fourth-order valence-corrected chi connectivity index (χ4v) is 7.53. The van der Waals surface area contributed by atoms with Gasteiger partial charge in [0.05, 0.1) is 22.8 Å². The number of piperidine rings is 1. The Balaban J connectivity index is 1.16. The number of aryl methyl sites for hydroxylation is 1. The van der Waals surface area contributed by atoms with Crippen LogP contribution in [0.3, 0.4) is 0 Å². The molecule has 0 bridgehead atoms. The number of likely N-dealkylation sites (tertiary alicyclic amines) is 2. The zero-order chi connectivity index (χ0) is 28.0. The minimum Gasteiger partial charge on any atom is -0.483 e. The van der Waals surface area contributed by atoms with Gasteiger partial charge < -0.3 is 19.9 Å². The third-order valence-corrected chi connectivity index (χ3v) is 10.2. The van der Waals surface area contributed by atoms with Gasteiger partial charge in [-0.3, -0.25) is 9.69 Å². The van der Waals surface area contributed by atoms with Gasteiger partial charge in [-0.2, -0.15) is 0 Å². The summed E-state index contributed by atoms with van der Waals surface area (Å²) < 4.78 is 30.5. The highest BCUT2D eigenvalue weighted by Crippen LogP contribution is 2.45. The fourth-order valence-electron chi connectivity index (χ4n) is 6.33. The first-order valence-electron chi connectivity index (χ1n) is 14.1. The van der Waals surface area contributed by atoms with Gasteiger partial charge in [0, 0.05) is 51.2 Å². The molecular formula is C29H36N6O4S. The Morgan fingerprint density at radius 3 is 2.52 bits per heavy atom. The van der Waals surface area contributed by atoms with E-state index in [9.17, 15) is 13.2 Å². The third kappa shape index (κ3) is 5.10. The highest BCUT2D eigenvalue weighted by molar-refractivity contribution is 7.91. The smallest absolute Gasteiger partial charge is 0.298 e.